The molecule has 0 aliphatic carbocycles. The number of hydrogen-bond acceptors (Lipinski definition) is 2. The van der Waals surface area contributed by atoms with Crippen LogP contribution in [0.5, 0.6) is 5.75 Å². The Labute approximate surface area is 111 Å². The Morgan fingerprint density at radius 2 is 1.89 bits per heavy atom. The molecule has 3 nitrogen and oxygen atoms in total. The Morgan fingerprint density at radius 3 is 2.56 bits per heavy atom. The molecule has 2 aromatic carbocycles. The molecule has 0 unspecified atom stereocenters. The minimum absolute atomic E-state index is 0.427. The van der Waals surface area contributed by atoms with Gasteiger partial charge in [0.2, 0.25) is 0 Å². The normalized spacial score (nSPS) is 11.3. The Hall–Kier alpha value is -2.00. The van der Waals surface area contributed by atoms with E-state index in [2.05, 4.69) is 4.99 Å². The van der Waals surface area contributed by atoms with Crippen LogP contribution in [0.1, 0.15) is 5.56 Å². The van der Waals surface area contributed by atoms with E-state index in [1.54, 1.807) is 25.3 Å². The molecule has 0 saturated heterocycles. The Kier molecular flexibility index (Phi) is 3.85. The molecular weight excluding hydrogens is 248 g/mol. The Morgan fingerprint density at radius 1 is 1.17 bits per heavy atom. The van der Waals surface area contributed by atoms with E-state index >= 15 is 0 Å². The van der Waals surface area contributed by atoms with Crippen LogP contribution in [0.2, 0.25) is 5.02 Å². The number of nitrogens with zero attached hydrogens (tertiary/aromatic N) is 1. The summed E-state index contributed by atoms with van der Waals surface area (Å²) in [5.74, 6) is 1.06. The van der Waals surface area contributed by atoms with Crippen molar-refractivity contribution < 1.29 is 4.74 Å². The zero-order chi connectivity index (χ0) is 13.0. The van der Waals surface area contributed by atoms with Gasteiger partial charge in [0.25, 0.3) is 0 Å². The van der Waals surface area contributed by atoms with Crippen molar-refractivity contribution in [2.45, 2.75) is 0 Å². The van der Waals surface area contributed by atoms with E-state index in [0.717, 1.165) is 5.56 Å². The van der Waals surface area contributed by atoms with Crippen LogP contribution >= 0.6 is 11.6 Å². The first-order valence-corrected chi connectivity index (χ1v) is 5.81. The average molecular weight is 261 g/mol. The standard InChI is InChI=1S/C14H13ClN2O/c1-18-13-8-7-11(15)9-12(13)17-14(16)10-5-3-2-4-6-10/h2-9H,1H3,(H2,16,17). The van der Waals surface area contributed by atoms with Gasteiger partial charge in [-0.3, -0.25) is 0 Å². The lowest BCUT2D eigenvalue weighted by molar-refractivity contribution is 0.416. The van der Waals surface area contributed by atoms with Crippen LogP contribution in [0.3, 0.4) is 0 Å². The topological polar surface area (TPSA) is 47.6 Å². The smallest absolute Gasteiger partial charge is 0.144 e. The maximum Gasteiger partial charge on any atom is 0.144 e. The summed E-state index contributed by atoms with van der Waals surface area (Å²) in [6, 6.07) is 14.8. The van der Waals surface area contributed by atoms with Gasteiger partial charge < -0.3 is 10.5 Å². The molecule has 2 N–H and O–H groups in total. The fraction of sp³-hybridized carbons (Fsp3) is 0.0714. The molecule has 92 valence electrons. The summed E-state index contributed by atoms with van der Waals surface area (Å²) in [7, 11) is 1.58. The van der Waals surface area contributed by atoms with Crippen molar-refractivity contribution in [2.75, 3.05) is 7.11 Å². The van der Waals surface area contributed by atoms with Crippen LogP contribution in [0.15, 0.2) is 53.5 Å². The van der Waals surface area contributed by atoms with Crippen molar-refractivity contribution in [3.63, 3.8) is 0 Å². The molecule has 0 spiro atoms. The molecule has 0 saturated carbocycles. The van der Waals surface area contributed by atoms with Gasteiger partial charge >= 0.3 is 0 Å². The largest absolute Gasteiger partial charge is 0.494 e. The van der Waals surface area contributed by atoms with Gasteiger partial charge in [-0.1, -0.05) is 41.9 Å². The molecule has 0 heterocycles. The summed E-state index contributed by atoms with van der Waals surface area (Å²) < 4.78 is 5.22. The van der Waals surface area contributed by atoms with E-state index in [9.17, 15) is 0 Å². The molecule has 0 atom stereocenters. The third-order valence-electron chi connectivity index (χ3n) is 2.45. The highest BCUT2D eigenvalue weighted by molar-refractivity contribution is 6.30. The van der Waals surface area contributed by atoms with E-state index in [1.807, 2.05) is 30.3 Å². The molecule has 18 heavy (non-hydrogen) atoms. The van der Waals surface area contributed by atoms with E-state index in [-0.39, 0.29) is 0 Å². The van der Waals surface area contributed by atoms with Crippen molar-refractivity contribution in [3.8, 4) is 5.75 Å². The summed E-state index contributed by atoms with van der Waals surface area (Å²) in [5.41, 5.74) is 7.43. The number of hydrogen-bond donors (Lipinski definition) is 1. The fourth-order valence-electron chi connectivity index (χ4n) is 1.55. The van der Waals surface area contributed by atoms with Gasteiger partial charge in [0.05, 0.1) is 7.11 Å². The van der Waals surface area contributed by atoms with Crippen LogP contribution in [0, 0.1) is 0 Å². The fourth-order valence-corrected chi connectivity index (χ4v) is 1.72. The molecule has 0 aliphatic heterocycles. The minimum atomic E-state index is 0.427. The van der Waals surface area contributed by atoms with Gasteiger partial charge in [0.1, 0.15) is 17.3 Å². The lowest BCUT2D eigenvalue weighted by Gasteiger charge is -2.06. The van der Waals surface area contributed by atoms with Crippen LogP contribution < -0.4 is 10.5 Å². The van der Waals surface area contributed by atoms with E-state index in [1.165, 1.54) is 0 Å². The molecule has 0 aliphatic rings. The number of nitrogens with two attached hydrogens (primary N) is 1. The monoisotopic (exact) mass is 260 g/mol. The first-order valence-electron chi connectivity index (χ1n) is 5.44. The summed E-state index contributed by atoms with van der Waals surface area (Å²) in [5, 5.41) is 0.593. The maximum absolute atomic E-state index is 5.95. The van der Waals surface area contributed by atoms with Crippen molar-refractivity contribution in [1.29, 1.82) is 0 Å². The zero-order valence-electron chi connectivity index (χ0n) is 9.93. The van der Waals surface area contributed by atoms with Crippen molar-refractivity contribution in [1.82, 2.24) is 0 Å². The van der Waals surface area contributed by atoms with Gasteiger partial charge in [0, 0.05) is 10.6 Å². The number of amidine groups is 1. The number of benzene rings is 2. The van der Waals surface area contributed by atoms with Crippen LogP contribution in [0.25, 0.3) is 0 Å². The van der Waals surface area contributed by atoms with E-state index in [4.69, 9.17) is 22.1 Å². The van der Waals surface area contributed by atoms with Crippen LogP contribution in [0.4, 0.5) is 5.69 Å². The molecule has 0 fully saturated rings. The molecule has 0 aromatic heterocycles. The third kappa shape index (κ3) is 2.81. The molecule has 2 rings (SSSR count). The number of methoxy groups -OCH3 is 1. The predicted molar refractivity (Wildman–Crippen MR) is 74.8 cm³/mol. The summed E-state index contributed by atoms with van der Waals surface area (Å²) in [6.45, 7) is 0. The Bertz CT molecular complexity index is 567. The van der Waals surface area contributed by atoms with E-state index < -0.39 is 0 Å². The van der Waals surface area contributed by atoms with Crippen molar-refractivity contribution in [3.05, 3.63) is 59.1 Å². The highest BCUT2D eigenvalue weighted by atomic mass is 35.5. The lowest BCUT2D eigenvalue weighted by atomic mass is 10.2. The summed E-state index contributed by atoms with van der Waals surface area (Å²) in [4.78, 5) is 4.35. The molecule has 4 heteroatoms. The lowest BCUT2D eigenvalue weighted by Crippen LogP contribution is -2.12. The number of aliphatic imine (C=N–C) groups is 1. The van der Waals surface area contributed by atoms with E-state index in [0.29, 0.717) is 22.3 Å². The zero-order valence-corrected chi connectivity index (χ0v) is 10.7. The maximum atomic E-state index is 5.95. The highest BCUT2D eigenvalue weighted by Crippen LogP contribution is 2.30. The highest BCUT2D eigenvalue weighted by Gasteiger charge is 2.04. The summed E-state index contributed by atoms with van der Waals surface area (Å²) in [6.07, 6.45) is 0. The minimum Gasteiger partial charge on any atom is -0.494 e. The van der Waals surface area contributed by atoms with Crippen molar-refractivity contribution in [2.24, 2.45) is 10.7 Å². The summed E-state index contributed by atoms with van der Waals surface area (Å²) >= 11 is 5.94. The average Bonchev–Trinajstić information content (AvgIpc) is 2.40. The second-order valence-electron chi connectivity index (χ2n) is 3.68. The first kappa shape index (κ1) is 12.5. The molecule has 0 amide bonds. The number of ether oxygens (including phenoxy) is 1. The quantitative estimate of drug-likeness (QED) is 0.679. The van der Waals surface area contributed by atoms with Crippen LogP contribution in [-0.2, 0) is 0 Å². The predicted octanol–water partition coefficient (Wildman–Crippen LogP) is 3.39. The van der Waals surface area contributed by atoms with Gasteiger partial charge in [-0.2, -0.15) is 0 Å². The Balaban J connectivity index is 2.41. The molecular formula is C14H13ClN2O. The van der Waals surface area contributed by atoms with Crippen LogP contribution in [-0.4, -0.2) is 12.9 Å². The van der Waals surface area contributed by atoms with Crippen molar-refractivity contribution >= 4 is 23.1 Å². The molecule has 0 bridgehead atoms. The second-order valence-corrected chi connectivity index (χ2v) is 4.12. The SMILES string of the molecule is COc1ccc(Cl)cc1N=C(N)c1ccccc1. The van der Waals surface area contributed by atoms with Gasteiger partial charge in [0.15, 0.2) is 0 Å². The van der Waals surface area contributed by atoms with Gasteiger partial charge in [-0.05, 0) is 18.2 Å². The first-order chi connectivity index (χ1) is 8.70. The number of rotatable bonds is 3. The molecule has 2 aromatic rings. The van der Waals surface area contributed by atoms with Gasteiger partial charge in [-0.15, -0.1) is 0 Å². The second kappa shape index (κ2) is 5.56. The molecule has 0 radical (unpaired) electrons. The van der Waals surface area contributed by atoms with Gasteiger partial charge in [-0.25, -0.2) is 4.99 Å². The number of halogens is 1. The third-order valence-corrected chi connectivity index (χ3v) is 2.69.